The van der Waals surface area contributed by atoms with Crippen LogP contribution in [0.4, 0.5) is 17.6 Å². The van der Waals surface area contributed by atoms with E-state index in [1.807, 2.05) is 27.0 Å². The van der Waals surface area contributed by atoms with Gasteiger partial charge in [0.25, 0.3) is 0 Å². The van der Waals surface area contributed by atoms with Crippen LogP contribution >= 0.6 is 11.6 Å². The fourth-order valence-corrected chi connectivity index (χ4v) is 6.03. The first-order valence-electron chi connectivity index (χ1n) is 16.2. The fraction of sp³-hybridized carbons (Fsp3) is 0.469. The van der Waals surface area contributed by atoms with Crippen molar-refractivity contribution in [2.45, 2.75) is 71.9 Å². The van der Waals surface area contributed by atoms with Crippen LogP contribution in [-0.2, 0) is 9.59 Å². The molecule has 2 fully saturated rings. The molecule has 5 aromatic heterocycles. The molecule has 5 aromatic rings. The van der Waals surface area contributed by atoms with E-state index in [2.05, 4.69) is 35.7 Å². The molecule has 4 atom stereocenters. The number of carbonyl (C=O) groups is 2. The molecule has 2 aliphatic heterocycles. The maximum atomic E-state index is 13.5. The molecule has 2 amide bonds. The highest BCUT2D eigenvalue weighted by atomic mass is 35.5. The standard InChI is InChI=1S/C19H22F2N6O2.C13H13ClF2N4O2/c1-10(2)27-8-13(7-24-27)14-5-15-17(26(9-23-15)19(20)21)18(25-14)29-11(3)12-4-16(28)22-6-12;1-6(7-2-10(21)17-4-7)22-12-11-8(3-9(14)19-12)18-5-20(11)13(15)16/h5,7-12,19H,4,6H2,1-3H3,(H,22,28);3,5-7,13H,2,4H2,1H3,(H,17,21)/t11-,12-;6-,7-/m11/s1. The molecular weight excluding hydrogens is 700 g/mol. The van der Waals surface area contributed by atoms with Gasteiger partial charge in [0.15, 0.2) is 0 Å². The predicted molar refractivity (Wildman–Crippen MR) is 177 cm³/mol. The largest absolute Gasteiger partial charge is 0.473 e. The van der Waals surface area contributed by atoms with Gasteiger partial charge < -0.3 is 20.1 Å². The molecule has 7 rings (SSSR count). The molecule has 0 aromatic carbocycles. The van der Waals surface area contributed by atoms with E-state index in [1.54, 1.807) is 23.9 Å². The summed E-state index contributed by atoms with van der Waals surface area (Å²) in [6.07, 6.45) is 5.51. The number of ether oxygens (including phenoxy) is 2. The van der Waals surface area contributed by atoms with Crippen molar-refractivity contribution >= 4 is 45.5 Å². The smallest absolute Gasteiger partial charge is 0.320 e. The quantitative estimate of drug-likeness (QED) is 0.139. The Balaban J connectivity index is 0.000000183. The Hall–Kier alpha value is -5.00. The van der Waals surface area contributed by atoms with E-state index in [0.29, 0.717) is 41.7 Å². The van der Waals surface area contributed by atoms with Gasteiger partial charge in [0.2, 0.25) is 23.6 Å². The van der Waals surface area contributed by atoms with Gasteiger partial charge >= 0.3 is 13.1 Å². The van der Waals surface area contributed by atoms with Crippen molar-refractivity contribution in [3.05, 3.63) is 42.3 Å². The minimum atomic E-state index is -2.77. The molecule has 0 unspecified atom stereocenters. The lowest BCUT2D eigenvalue weighted by molar-refractivity contribution is -0.120. The number of nitrogens with zero attached hydrogens (tertiary/aromatic N) is 8. The lowest BCUT2D eigenvalue weighted by Gasteiger charge is -2.20. The molecule has 2 saturated heterocycles. The molecule has 7 heterocycles. The van der Waals surface area contributed by atoms with Crippen LogP contribution < -0.4 is 20.1 Å². The van der Waals surface area contributed by atoms with Crippen LogP contribution in [0.1, 0.15) is 59.7 Å². The highest BCUT2D eigenvalue weighted by Gasteiger charge is 2.31. The molecule has 2 N–H and O–H groups in total. The molecule has 0 saturated carbocycles. The van der Waals surface area contributed by atoms with Gasteiger partial charge in [0, 0.05) is 61.6 Å². The topological polar surface area (TPSA) is 156 Å². The first kappa shape index (κ1) is 35.8. The van der Waals surface area contributed by atoms with Crippen LogP contribution in [0.25, 0.3) is 33.3 Å². The van der Waals surface area contributed by atoms with E-state index in [0.717, 1.165) is 22.8 Å². The zero-order valence-corrected chi connectivity index (χ0v) is 28.7. The van der Waals surface area contributed by atoms with Crippen molar-refractivity contribution < 1.29 is 36.6 Å². The van der Waals surface area contributed by atoms with Crippen LogP contribution in [0, 0.1) is 11.8 Å². The number of hydrogen-bond acceptors (Lipinski definition) is 9. The van der Waals surface area contributed by atoms with Crippen molar-refractivity contribution in [2.75, 3.05) is 13.1 Å². The Morgan fingerprint density at radius 1 is 0.804 bits per heavy atom. The zero-order valence-electron chi connectivity index (χ0n) is 27.9. The normalized spacial score (nSPS) is 18.7. The number of amides is 2. The van der Waals surface area contributed by atoms with Crippen LogP contribution in [0.15, 0.2) is 37.2 Å². The summed E-state index contributed by atoms with van der Waals surface area (Å²) < 4.78 is 68.0. The molecule has 0 aliphatic carbocycles. The first-order valence-corrected chi connectivity index (χ1v) is 16.5. The maximum Gasteiger partial charge on any atom is 0.320 e. The van der Waals surface area contributed by atoms with Crippen LogP contribution in [0.3, 0.4) is 0 Å². The third kappa shape index (κ3) is 7.69. The first-order chi connectivity index (χ1) is 24.3. The predicted octanol–water partition coefficient (Wildman–Crippen LogP) is 5.56. The van der Waals surface area contributed by atoms with Crippen molar-refractivity contribution in [3.63, 3.8) is 0 Å². The van der Waals surface area contributed by atoms with Gasteiger partial charge in [-0.3, -0.25) is 23.4 Å². The summed E-state index contributed by atoms with van der Waals surface area (Å²) in [6, 6.07) is 3.22. The number of nitrogens with one attached hydrogen (secondary N) is 2. The van der Waals surface area contributed by atoms with Gasteiger partial charge in [-0.15, -0.1) is 0 Å². The van der Waals surface area contributed by atoms with Crippen molar-refractivity contribution in [3.8, 4) is 23.0 Å². The van der Waals surface area contributed by atoms with Crippen molar-refractivity contribution in [1.29, 1.82) is 0 Å². The van der Waals surface area contributed by atoms with Gasteiger partial charge in [0.1, 0.15) is 41.0 Å². The monoisotopic (exact) mass is 734 g/mol. The van der Waals surface area contributed by atoms with E-state index in [-0.39, 0.29) is 75.4 Å². The molecule has 0 radical (unpaired) electrons. The Labute approximate surface area is 293 Å². The summed E-state index contributed by atoms with van der Waals surface area (Å²) >= 11 is 5.88. The summed E-state index contributed by atoms with van der Waals surface area (Å²) in [5.74, 6) is -0.147. The number of carbonyl (C=O) groups excluding carboxylic acids is 2. The molecule has 51 heavy (non-hydrogen) atoms. The maximum absolute atomic E-state index is 13.5. The third-order valence-electron chi connectivity index (χ3n) is 8.80. The average molecular weight is 735 g/mol. The zero-order chi connectivity index (χ0) is 36.6. The van der Waals surface area contributed by atoms with Gasteiger partial charge in [-0.05, 0) is 33.8 Å². The summed E-state index contributed by atoms with van der Waals surface area (Å²) in [6.45, 7) is 3.02. The van der Waals surface area contributed by atoms with Gasteiger partial charge in [-0.2, -0.15) is 27.6 Å². The average Bonchev–Trinajstić information content (AvgIpc) is 3.90. The Bertz CT molecular complexity index is 2050. The molecule has 2 aliphatic rings. The molecular formula is C32H35ClF4N10O4. The minimum absolute atomic E-state index is 0.00727. The number of halogens is 5. The number of pyridine rings is 2. The van der Waals surface area contributed by atoms with Gasteiger partial charge in [0.05, 0.1) is 22.9 Å². The highest BCUT2D eigenvalue weighted by Crippen LogP contribution is 2.34. The number of rotatable bonds is 10. The SMILES string of the molecule is CC(C)n1cc(-c2cc3ncn(C(F)F)c3c(O[C@H](C)[C@H]3CNC(=O)C3)n2)cn1.C[C@@H](Oc1nc(Cl)cc2ncn(C(F)F)c12)[C@H]1CNC(=O)C1. The van der Waals surface area contributed by atoms with Gasteiger partial charge in [-0.1, -0.05) is 11.6 Å². The van der Waals surface area contributed by atoms with E-state index < -0.39 is 13.1 Å². The summed E-state index contributed by atoms with van der Waals surface area (Å²) in [4.78, 5) is 39.3. The second-order valence-electron chi connectivity index (χ2n) is 12.6. The second kappa shape index (κ2) is 14.7. The molecule has 0 spiro atoms. The lowest BCUT2D eigenvalue weighted by atomic mass is 10.0. The van der Waals surface area contributed by atoms with Crippen LogP contribution in [0.5, 0.6) is 11.8 Å². The van der Waals surface area contributed by atoms with E-state index >= 15 is 0 Å². The number of aromatic nitrogens is 8. The number of hydrogen-bond donors (Lipinski definition) is 2. The summed E-state index contributed by atoms with van der Waals surface area (Å²) in [7, 11) is 0. The molecule has 14 nitrogen and oxygen atoms in total. The third-order valence-corrected chi connectivity index (χ3v) is 8.99. The molecule has 19 heteroatoms. The van der Waals surface area contributed by atoms with Crippen molar-refractivity contribution in [2.24, 2.45) is 11.8 Å². The van der Waals surface area contributed by atoms with Crippen LogP contribution in [-0.4, -0.2) is 76.0 Å². The Morgan fingerprint density at radius 3 is 1.76 bits per heavy atom. The number of fused-ring (bicyclic) bond motifs is 2. The number of imidazole rings is 2. The second-order valence-corrected chi connectivity index (χ2v) is 13.0. The fourth-order valence-electron chi connectivity index (χ4n) is 5.85. The molecule has 0 bridgehead atoms. The highest BCUT2D eigenvalue weighted by molar-refractivity contribution is 6.30. The van der Waals surface area contributed by atoms with Crippen molar-refractivity contribution in [1.82, 2.24) is 49.5 Å². The van der Waals surface area contributed by atoms with E-state index in [4.69, 9.17) is 21.1 Å². The lowest BCUT2D eigenvalue weighted by Crippen LogP contribution is -2.26. The summed E-state index contributed by atoms with van der Waals surface area (Å²) in [5, 5.41) is 9.89. The van der Waals surface area contributed by atoms with E-state index in [1.165, 1.54) is 6.07 Å². The summed E-state index contributed by atoms with van der Waals surface area (Å²) in [5.41, 5.74) is 2.13. The number of alkyl halides is 4. The van der Waals surface area contributed by atoms with E-state index in [9.17, 15) is 27.2 Å². The molecule has 272 valence electrons. The minimum Gasteiger partial charge on any atom is -0.473 e. The Kier molecular flexibility index (Phi) is 10.3. The Morgan fingerprint density at radius 2 is 1.31 bits per heavy atom. The van der Waals surface area contributed by atoms with Crippen LogP contribution in [0.2, 0.25) is 5.15 Å². The van der Waals surface area contributed by atoms with Gasteiger partial charge in [-0.25, -0.2) is 15.0 Å².